The Morgan fingerprint density at radius 1 is 1.21 bits per heavy atom. The Labute approximate surface area is 171 Å². The standard InChI is InChI=1S/C22H28ClNO4/c1-4-27-21-18(15(3)25)10-19(23)14(2)20(21)17-11-24(12-17)22(26)28-13-16-8-6-5-7-9-16/h5-10,15,17,22,25-26H,4,11-13H2,1-3H3. The summed E-state index contributed by atoms with van der Waals surface area (Å²) in [5, 5.41) is 21.1. The molecule has 0 radical (unpaired) electrons. The van der Waals surface area contributed by atoms with Crippen LogP contribution in [0.25, 0.3) is 0 Å². The smallest absolute Gasteiger partial charge is 0.216 e. The molecule has 28 heavy (non-hydrogen) atoms. The van der Waals surface area contributed by atoms with Crippen LogP contribution in [0.2, 0.25) is 5.02 Å². The molecule has 2 aromatic carbocycles. The van der Waals surface area contributed by atoms with E-state index in [9.17, 15) is 10.2 Å². The van der Waals surface area contributed by atoms with Gasteiger partial charge in [0.2, 0.25) is 6.41 Å². The van der Waals surface area contributed by atoms with Gasteiger partial charge in [-0.3, -0.25) is 4.90 Å². The van der Waals surface area contributed by atoms with Crippen molar-refractivity contribution in [3.63, 3.8) is 0 Å². The van der Waals surface area contributed by atoms with E-state index in [0.717, 1.165) is 16.7 Å². The number of hydrogen-bond acceptors (Lipinski definition) is 5. The van der Waals surface area contributed by atoms with E-state index in [1.165, 1.54) is 0 Å². The van der Waals surface area contributed by atoms with Gasteiger partial charge in [-0.25, -0.2) is 0 Å². The first-order valence-electron chi connectivity index (χ1n) is 9.63. The third kappa shape index (κ3) is 4.50. The van der Waals surface area contributed by atoms with Crippen molar-refractivity contribution in [1.82, 2.24) is 4.90 Å². The van der Waals surface area contributed by atoms with Gasteiger partial charge >= 0.3 is 0 Å². The van der Waals surface area contributed by atoms with Gasteiger partial charge < -0.3 is 19.7 Å². The first kappa shape index (κ1) is 21.1. The van der Waals surface area contributed by atoms with E-state index in [0.29, 0.717) is 42.6 Å². The second kappa shape index (κ2) is 9.25. The minimum Gasteiger partial charge on any atom is -0.493 e. The summed E-state index contributed by atoms with van der Waals surface area (Å²) in [6.45, 7) is 7.74. The molecular weight excluding hydrogens is 378 g/mol. The molecule has 152 valence electrons. The summed E-state index contributed by atoms with van der Waals surface area (Å²) in [4.78, 5) is 1.87. The second-order valence-electron chi connectivity index (χ2n) is 7.20. The normalized spacial score (nSPS) is 17.2. The molecule has 0 spiro atoms. The molecule has 1 saturated heterocycles. The highest BCUT2D eigenvalue weighted by molar-refractivity contribution is 6.31. The Kier molecular flexibility index (Phi) is 6.96. The van der Waals surface area contributed by atoms with Crippen LogP contribution in [0.3, 0.4) is 0 Å². The predicted octanol–water partition coefficient (Wildman–Crippen LogP) is 3.99. The van der Waals surface area contributed by atoms with Crippen molar-refractivity contribution in [3.8, 4) is 5.75 Å². The highest BCUT2D eigenvalue weighted by atomic mass is 35.5. The van der Waals surface area contributed by atoms with E-state index in [-0.39, 0.29) is 5.92 Å². The molecule has 0 saturated carbocycles. The molecule has 2 atom stereocenters. The molecule has 1 fully saturated rings. The van der Waals surface area contributed by atoms with Gasteiger partial charge in [-0.1, -0.05) is 41.9 Å². The molecule has 0 aromatic heterocycles. The number of nitrogens with zero attached hydrogens (tertiary/aromatic N) is 1. The molecule has 2 unspecified atom stereocenters. The quantitative estimate of drug-likeness (QED) is 0.650. The lowest BCUT2D eigenvalue weighted by Gasteiger charge is -2.43. The Balaban J connectivity index is 1.70. The van der Waals surface area contributed by atoms with Crippen molar-refractivity contribution in [2.75, 3.05) is 19.7 Å². The summed E-state index contributed by atoms with van der Waals surface area (Å²) < 4.78 is 11.5. The van der Waals surface area contributed by atoms with E-state index in [4.69, 9.17) is 21.1 Å². The number of halogens is 1. The van der Waals surface area contributed by atoms with Gasteiger partial charge in [0.15, 0.2) is 0 Å². The lowest BCUT2D eigenvalue weighted by molar-refractivity contribution is -0.221. The molecule has 0 amide bonds. The third-order valence-electron chi connectivity index (χ3n) is 5.16. The summed E-state index contributed by atoms with van der Waals surface area (Å²) >= 11 is 6.42. The lowest BCUT2D eigenvalue weighted by Crippen LogP contribution is -2.52. The van der Waals surface area contributed by atoms with Crippen LogP contribution in [0.15, 0.2) is 36.4 Å². The Hall–Kier alpha value is -1.63. The molecule has 3 rings (SSSR count). The van der Waals surface area contributed by atoms with Crippen LogP contribution < -0.4 is 4.74 Å². The molecule has 5 nitrogen and oxygen atoms in total. The number of benzene rings is 2. The molecule has 1 aliphatic rings. The number of ether oxygens (including phenoxy) is 2. The van der Waals surface area contributed by atoms with Crippen molar-refractivity contribution in [2.24, 2.45) is 0 Å². The summed E-state index contributed by atoms with van der Waals surface area (Å²) in [5.74, 6) is 0.872. The first-order chi connectivity index (χ1) is 13.4. The highest BCUT2D eigenvalue weighted by Crippen LogP contribution is 2.43. The SMILES string of the molecule is CCOc1c(C(C)O)cc(Cl)c(C)c1C1CN(C(O)OCc2ccccc2)C1. The van der Waals surface area contributed by atoms with Crippen molar-refractivity contribution in [2.45, 2.75) is 45.8 Å². The van der Waals surface area contributed by atoms with Crippen LogP contribution in [-0.4, -0.2) is 41.2 Å². The number of aliphatic hydroxyl groups excluding tert-OH is 2. The summed E-state index contributed by atoms with van der Waals surface area (Å²) in [6.07, 6.45) is -1.63. The maximum absolute atomic E-state index is 10.3. The molecule has 6 heteroatoms. The monoisotopic (exact) mass is 405 g/mol. The van der Waals surface area contributed by atoms with Crippen LogP contribution in [-0.2, 0) is 11.3 Å². The van der Waals surface area contributed by atoms with Crippen LogP contribution in [0, 0.1) is 6.92 Å². The van der Waals surface area contributed by atoms with Gasteiger partial charge in [0.1, 0.15) is 5.75 Å². The fraction of sp³-hybridized carbons (Fsp3) is 0.455. The maximum Gasteiger partial charge on any atom is 0.216 e. The van der Waals surface area contributed by atoms with E-state index < -0.39 is 12.5 Å². The van der Waals surface area contributed by atoms with Gasteiger partial charge in [-0.05, 0) is 38.0 Å². The molecule has 1 aliphatic heterocycles. The number of likely N-dealkylation sites (tertiary alicyclic amines) is 1. The second-order valence-corrected chi connectivity index (χ2v) is 7.61. The van der Waals surface area contributed by atoms with Gasteiger partial charge in [0.25, 0.3) is 0 Å². The van der Waals surface area contributed by atoms with Crippen LogP contribution in [0.5, 0.6) is 5.75 Å². The van der Waals surface area contributed by atoms with Crippen LogP contribution >= 0.6 is 11.6 Å². The number of hydrogen-bond donors (Lipinski definition) is 2. The molecule has 0 bridgehead atoms. The molecule has 2 aromatic rings. The largest absolute Gasteiger partial charge is 0.493 e. The number of rotatable bonds is 8. The highest BCUT2D eigenvalue weighted by Gasteiger charge is 2.37. The van der Waals surface area contributed by atoms with E-state index in [2.05, 4.69) is 0 Å². The van der Waals surface area contributed by atoms with Gasteiger partial charge in [-0.2, -0.15) is 0 Å². The zero-order valence-electron chi connectivity index (χ0n) is 16.6. The maximum atomic E-state index is 10.3. The fourth-order valence-electron chi connectivity index (χ4n) is 3.60. The molecule has 2 N–H and O–H groups in total. The minimum absolute atomic E-state index is 0.160. The first-order valence-corrected chi connectivity index (χ1v) is 10.0. The zero-order valence-corrected chi connectivity index (χ0v) is 17.3. The Morgan fingerprint density at radius 3 is 2.50 bits per heavy atom. The summed E-state index contributed by atoms with van der Waals surface area (Å²) in [7, 11) is 0. The topological polar surface area (TPSA) is 62.2 Å². The molecule has 1 heterocycles. The van der Waals surface area contributed by atoms with Crippen molar-refractivity contribution in [3.05, 3.63) is 63.7 Å². The van der Waals surface area contributed by atoms with Gasteiger partial charge in [0, 0.05) is 35.2 Å². The molecular formula is C22H28ClNO4. The average molecular weight is 406 g/mol. The van der Waals surface area contributed by atoms with Gasteiger partial charge in [-0.15, -0.1) is 0 Å². The zero-order chi connectivity index (χ0) is 20.3. The van der Waals surface area contributed by atoms with Crippen LogP contribution in [0.1, 0.15) is 48.1 Å². The van der Waals surface area contributed by atoms with E-state index in [1.54, 1.807) is 13.0 Å². The predicted molar refractivity (Wildman–Crippen MR) is 110 cm³/mol. The van der Waals surface area contributed by atoms with Crippen molar-refractivity contribution < 1.29 is 19.7 Å². The summed E-state index contributed by atoms with van der Waals surface area (Å²) in [5.41, 5.74) is 3.69. The van der Waals surface area contributed by atoms with E-state index in [1.807, 2.05) is 49.1 Å². The summed E-state index contributed by atoms with van der Waals surface area (Å²) in [6, 6.07) is 11.6. The fourth-order valence-corrected chi connectivity index (χ4v) is 3.82. The van der Waals surface area contributed by atoms with Crippen LogP contribution in [0.4, 0.5) is 0 Å². The minimum atomic E-state index is -0.956. The average Bonchev–Trinajstić information content (AvgIpc) is 2.64. The van der Waals surface area contributed by atoms with E-state index >= 15 is 0 Å². The van der Waals surface area contributed by atoms with Gasteiger partial charge in [0.05, 0.1) is 19.3 Å². The third-order valence-corrected chi connectivity index (χ3v) is 5.55. The molecule has 0 aliphatic carbocycles. The Bertz CT molecular complexity index is 791. The van der Waals surface area contributed by atoms with Crippen molar-refractivity contribution >= 4 is 11.6 Å². The Morgan fingerprint density at radius 2 is 1.89 bits per heavy atom. The number of aliphatic hydroxyl groups is 2. The lowest BCUT2D eigenvalue weighted by atomic mass is 9.85. The van der Waals surface area contributed by atoms with Crippen molar-refractivity contribution in [1.29, 1.82) is 0 Å².